The highest BCUT2D eigenvalue weighted by Gasteiger charge is 2.11. The van der Waals surface area contributed by atoms with E-state index in [4.69, 9.17) is 0 Å². The lowest BCUT2D eigenvalue weighted by atomic mass is 10.2. The number of urea groups is 1. The summed E-state index contributed by atoms with van der Waals surface area (Å²) in [5.41, 5.74) is 1.12. The Morgan fingerprint density at radius 2 is 1.67 bits per heavy atom. The highest BCUT2D eigenvalue weighted by Crippen LogP contribution is 2.22. The lowest BCUT2D eigenvalue weighted by Crippen LogP contribution is -2.34. The van der Waals surface area contributed by atoms with Crippen molar-refractivity contribution in [3.8, 4) is 0 Å². The Bertz CT molecular complexity index is 624. The number of hydrogen-bond donors (Lipinski definition) is 3. The van der Waals surface area contributed by atoms with Crippen LogP contribution in [0.3, 0.4) is 0 Å². The number of thiophene rings is 1. The molecule has 0 fully saturated rings. The Balaban J connectivity index is 2.10. The van der Waals surface area contributed by atoms with E-state index in [2.05, 4.69) is 16.0 Å². The topological polar surface area (TPSA) is 70.2 Å². The molecule has 0 aliphatic carbocycles. The first kappa shape index (κ1) is 15.1. The molecule has 1 aromatic carbocycles. The van der Waals surface area contributed by atoms with Gasteiger partial charge in [-0.2, -0.15) is 0 Å². The maximum Gasteiger partial charge on any atom is 0.319 e. The van der Waals surface area contributed by atoms with Gasteiger partial charge in [-0.05, 0) is 37.4 Å². The highest BCUT2D eigenvalue weighted by atomic mass is 32.1. The molecule has 3 amide bonds. The van der Waals surface area contributed by atoms with Gasteiger partial charge in [-0.25, -0.2) is 4.79 Å². The van der Waals surface area contributed by atoms with Crippen LogP contribution in [0.25, 0.3) is 0 Å². The van der Waals surface area contributed by atoms with Gasteiger partial charge in [0.1, 0.15) is 0 Å². The summed E-state index contributed by atoms with van der Waals surface area (Å²) in [7, 11) is 0. The molecule has 1 aromatic heterocycles. The predicted molar refractivity (Wildman–Crippen MR) is 86.0 cm³/mol. The van der Waals surface area contributed by atoms with Gasteiger partial charge in [0.05, 0.1) is 16.3 Å². The van der Waals surface area contributed by atoms with Crippen molar-refractivity contribution in [3.05, 3.63) is 46.7 Å². The van der Waals surface area contributed by atoms with Gasteiger partial charge in [-0.3, -0.25) is 4.79 Å². The summed E-state index contributed by atoms with van der Waals surface area (Å²) in [6.07, 6.45) is 0. The van der Waals surface area contributed by atoms with Crippen LogP contribution in [0, 0.1) is 0 Å². The molecular weight excluding hydrogens is 286 g/mol. The molecule has 0 saturated heterocycles. The number of anilines is 2. The van der Waals surface area contributed by atoms with Crippen LogP contribution in [-0.4, -0.2) is 18.0 Å². The maximum atomic E-state index is 12.1. The van der Waals surface area contributed by atoms with Crippen molar-refractivity contribution in [2.45, 2.75) is 19.9 Å². The Kier molecular flexibility index (Phi) is 4.94. The second-order valence-corrected chi connectivity index (χ2v) is 5.68. The molecule has 2 aromatic rings. The quantitative estimate of drug-likeness (QED) is 0.808. The van der Waals surface area contributed by atoms with Gasteiger partial charge in [0.15, 0.2) is 0 Å². The molecule has 0 aliphatic rings. The molecule has 0 atom stereocenters. The van der Waals surface area contributed by atoms with Crippen molar-refractivity contribution >= 4 is 34.6 Å². The van der Waals surface area contributed by atoms with E-state index in [-0.39, 0.29) is 18.0 Å². The average molecular weight is 303 g/mol. The van der Waals surface area contributed by atoms with E-state index in [1.807, 2.05) is 25.3 Å². The number of para-hydroxylation sites is 2. The molecule has 6 heteroatoms. The second kappa shape index (κ2) is 6.90. The summed E-state index contributed by atoms with van der Waals surface area (Å²) < 4.78 is 0. The van der Waals surface area contributed by atoms with E-state index < -0.39 is 0 Å². The third kappa shape index (κ3) is 4.32. The summed E-state index contributed by atoms with van der Waals surface area (Å²) in [5.74, 6) is -0.191. The van der Waals surface area contributed by atoms with E-state index in [0.717, 1.165) is 0 Å². The highest BCUT2D eigenvalue weighted by molar-refractivity contribution is 7.12. The van der Waals surface area contributed by atoms with Crippen LogP contribution in [-0.2, 0) is 0 Å². The summed E-state index contributed by atoms with van der Waals surface area (Å²) in [6, 6.07) is 10.4. The number of rotatable bonds is 4. The lowest BCUT2D eigenvalue weighted by molar-refractivity contribution is 0.103. The van der Waals surface area contributed by atoms with E-state index >= 15 is 0 Å². The monoisotopic (exact) mass is 303 g/mol. The van der Waals surface area contributed by atoms with Gasteiger partial charge < -0.3 is 16.0 Å². The van der Waals surface area contributed by atoms with Crippen LogP contribution in [0.2, 0.25) is 0 Å². The van der Waals surface area contributed by atoms with Crippen LogP contribution in [0.5, 0.6) is 0 Å². The molecule has 0 unspecified atom stereocenters. The van der Waals surface area contributed by atoms with Crippen molar-refractivity contribution in [3.63, 3.8) is 0 Å². The van der Waals surface area contributed by atoms with Gasteiger partial charge in [0.2, 0.25) is 0 Å². The molecule has 21 heavy (non-hydrogen) atoms. The lowest BCUT2D eigenvalue weighted by Gasteiger charge is -2.13. The molecule has 110 valence electrons. The SMILES string of the molecule is CC(C)NC(=O)Nc1ccccc1NC(=O)c1cccs1. The molecule has 3 N–H and O–H groups in total. The van der Waals surface area contributed by atoms with Gasteiger partial charge in [0, 0.05) is 6.04 Å². The molecular formula is C15H17N3O2S. The molecule has 0 aliphatic heterocycles. The molecule has 0 radical (unpaired) electrons. The van der Waals surface area contributed by atoms with Gasteiger partial charge in [0.25, 0.3) is 5.91 Å². The largest absolute Gasteiger partial charge is 0.336 e. The number of nitrogens with one attached hydrogen (secondary N) is 3. The van der Waals surface area contributed by atoms with E-state index in [1.165, 1.54) is 11.3 Å². The van der Waals surface area contributed by atoms with Crippen LogP contribution in [0.1, 0.15) is 23.5 Å². The summed E-state index contributed by atoms with van der Waals surface area (Å²) in [4.78, 5) is 24.4. The van der Waals surface area contributed by atoms with Crippen molar-refractivity contribution in [1.29, 1.82) is 0 Å². The minimum Gasteiger partial charge on any atom is -0.336 e. The molecule has 2 rings (SSSR count). The van der Waals surface area contributed by atoms with E-state index in [1.54, 1.807) is 30.3 Å². The summed E-state index contributed by atoms with van der Waals surface area (Å²) in [5, 5.41) is 10.1. The van der Waals surface area contributed by atoms with Crippen LogP contribution in [0.4, 0.5) is 16.2 Å². The fourth-order valence-corrected chi connectivity index (χ4v) is 2.33. The van der Waals surface area contributed by atoms with Gasteiger partial charge in [-0.15, -0.1) is 11.3 Å². The Hall–Kier alpha value is -2.34. The third-order valence-corrected chi connectivity index (χ3v) is 3.46. The van der Waals surface area contributed by atoms with Crippen molar-refractivity contribution in [2.75, 3.05) is 10.6 Å². The fraction of sp³-hybridized carbons (Fsp3) is 0.200. The fourth-order valence-electron chi connectivity index (χ4n) is 1.71. The Labute approximate surface area is 127 Å². The third-order valence-electron chi connectivity index (χ3n) is 2.59. The molecule has 0 spiro atoms. The number of benzene rings is 1. The zero-order chi connectivity index (χ0) is 15.2. The number of carbonyl (C=O) groups is 2. The number of hydrogen-bond acceptors (Lipinski definition) is 3. The van der Waals surface area contributed by atoms with E-state index in [0.29, 0.717) is 16.3 Å². The average Bonchev–Trinajstić information content (AvgIpc) is 2.94. The van der Waals surface area contributed by atoms with E-state index in [9.17, 15) is 9.59 Å². The zero-order valence-corrected chi connectivity index (χ0v) is 12.7. The number of amides is 3. The van der Waals surface area contributed by atoms with Gasteiger partial charge in [-0.1, -0.05) is 18.2 Å². The molecule has 1 heterocycles. The van der Waals surface area contributed by atoms with Gasteiger partial charge >= 0.3 is 6.03 Å². The molecule has 5 nitrogen and oxygen atoms in total. The normalized spacial score (nSPS) is 10.2. The molecule has 0 bridgehead atoms. The summed E-state index contributed by atoms with van der Waals surface area (Å²) >= 11 is 1.37. The maximum absolute atomic E-state index is 12.1. The molecule has 0 saturated carbocycles. The minimum atomic E-state index is -0.303. The smallest absolute Gasteiger partial charge is 0.319 e. The standard InChI is InChI=1S/C15H17N3O2S/c1-10(2)16-15(20)18-12-7-4-3-6-11(12)17-14(19)13-8-5-9-21-13/h3-10H,1-2H3,(H,17,19)(H2,16,18,20). The first-order valence-corrected chi connectivity index (χ1v) is 7.45. The van der Waals surface area contributed by atoms with Crippen molar-refractivity contribution in [2.24, 2.45) is 0 Å². The Morgan fingerprint density at radius 1 is 1.00 bits per heavy atom. The first-order chi connectivity index (χ1) is 10.1. The van der Waals surface area contributed by atoms with Crippen molar-refractivity contribution in [1.82, 2.24) is 5.32 Å². The number of carbonyl (C=O) groups excluding carboxylic acids is 2. The predicted octanol–water partition coefficient (Wildman–Crippen LogP) is 3.53. The van der Waals surface area contributed by atoms with Crippen molar-refractivity contribution < 1.29 is 9.59 Å². The van der Waals surface area contributed by atoms with Crippen LogP contribution < -0.4 is 16.0 Å². The van der Waals surface area contributed by atoms with Crippen LogP contribution in [0.15, 0.2) is 41.8 Å². The Morgan fingerprint density at radius 3 is 2.24 bits per heavy atom. The summed E-state index contributed by atoms with van der Waals surface area (Å²) in [6.45, 7) is 3.76. The van der Waals surface area contributed by atoms with Crippen LogP contribution >= 0.6 is 11.3 Å². The zero-order valence-electron chi connectivity index (χ0n) is 11.8. The minimum absolute atomic E-state index is 0.0397. The second-order valence-electron chi connectivity index (χ2n) is 4.73. The first-order valence-electron chi connectivity index (χ1n) is 6.57.